The van der Waals surface area contributed by atoms with E-state index in [1.54, 1.807) is 7.05 Å². The van der Waals surface area contributed by atoms with Crippen LogP contribution < -0.4 is 0 Å². The van der Waals surface area contributed by atoms with Crippen LogP contribution in [0.25, 0.3) is 0 Å². The maximum absolute atomic E-state index is 11.7. The predicted octanol–water partition coefficient (Wildman–Crippen LogP) is -0.186. The molecular formula is C7H11N3O2S. The Labute approximate surface area is 77.0 Å². The number of hydrogen-bond donors (Lipinski definition) is 0. The number of aromatic nitrogens is 2. The number of nitrogens with zero attached hydrogens (tertiary/aromatic N) is 3. The zero-order chi connectivity index (χ0) is 9.47. The summed E-state index contributed by atoms with van der Waals surface area (Å²) >= 11 is 0. The second-order valence-corrected chi connectivity index (χ2v) is 5.05. The lowest BCUT2D eigenvalue weighted by molar-refractivity contribution is 0.309. The van der Waals surface area contributed by atoms with E-state index in [2.05, 4.69) is 5.10 Å². The fourth-order valence-electron chi connectivity index (χ4n) is 1.21. The largest absolute Gasteiger partial charge is 0.274 e. The highest BCUT2D eigenvalue weighted by Crippen LogP contribution is 2.19. The van der Waals surface area contributed by atoms with Gasteiger partial charge in [-0.15, -0.1) is 0 Å². The zero-order valence-corrected chi connectivity index (χ0v) is 8.16. The number of rotatable bonds is 2. The Morgan fingerprint density at radius 2 is 2.15 bits per heavy atom. The summed E-state index contributed by atoms with van der Waals surface area (Å²) in [6.07, 6.45) is 3.86. The Balaban J connectivity index is 2.34. The summed E-state index contributed by atoms with van der Waals surface area (Å²) in [7, 11) is -1.53. The summed E-state index contributed by atoms with van der Waals surface area (Å²) in [5.74, 6) is 0. The lowest BCUT2D eigenvalue weighted by atomic mass is 10.3. The summed E-state index contributed by atoms with van der Waals surface area (Å²) < 4.78 is 26.4. The Hall–Kier alpha value is -0.880. The highest BCUT2D eigenvalue weighted by atomic mass is 32.2. The van der Waals surface area contributed by atoms with E-state index in [4.69, 9.17) is 0 Å². The first kappa shape index (κ1) is 8.71. The van der Waals surface area contributed by atoms with Crippen LogP contribution in [0.1, 0.15) is 6.42 Å². The normalized spacial score (nSPS) is 18.5. The van der Waals surface area contributed by atoms with E-state index in [-0.39, 0.29) is 4.90 Å². The molecule has 0 saturated carbocycles. The molecule has 0 aliphatic carbocycles. The molecule has 0 bridgehead atoms. The van der Waals surface area contributed by atoms with E-state index in [9.17, 15) is 8.42 Å². The number of aryl methyl sites for hydroxylation is 1. The van der Waals surface area contributed by atoms with E-state index < -0.39 is 10.0 Å². The first-order chi connectivity index (χ1) is 6.10. The van der Waals surface area contributed by atoms with Gasteiger partial charge in [-0.05, 0) is 6.42 Å². The highest BCUT2D eigenvalue weighted by Gasteiger charge is 2.29. The van der Waals surface area contributed by atoms with E-state index in [0.717, 1.165) is 6.42 Å². The van der Waals surface area contributed by atoms with Gasteiger partial charge >= 0.3 is 0 Å². The average molecular weight is 201 g/mol. The van der Waals surface area contributed by atoms with Gasteiger partial charge in [-0.25, -0.2) is 8.42 Å². The van der Waals surface area contributed by atoms with Gasteiger partial charge in [0.1, 0.15) is 4.90 Å². The number of sulfonamides is 1. The average Bonchev–Trinajstić information content (AvgIpc) is 2.30. The SMILES string of the molecule is Cn1cc(S(=O)(=O)N2CCC2)cn1. The molecule has 0 amide bonds. The molecule has 0 atom stereocenters. The van der Waals surface area contributed by atoms with Gasteiger partial charge in [0.05, 0.1) is 6.20 Å². The van der Waals surface area contributed by atoms with Crippen molar-refractivity contribution in [3.8, 4) is 0 Å². The molecule has 2 rings (SSSR count). The Bertz CT molecular complexity index is 405. The predicted molar refractivity (Wildman–Crippen MR) is 46.6 cm³/mol. The van der Waals surface area contributed by atoms with Crippen LogP contribution in [0, 0.1) is 0 Å². The molecule has 0 radical (unpaired) electrons. The van der Waals surface area contributed by atoms with Gasteiger partial charge in [-0.2, -0.15) is 9.40 Å². The maximum Gasteiger partial charge on any atom is 0.246 e. The summed E-state index contributed by atoms with van der Waals surface area (Å²) in [5.41, 5.74) is 0. The molecular weight excluding hydrogens is 190 g/mol. The molecule has 1 aromatic heterocycles. The van der Waals surface area contributed by atoms with Gasteiger partial charge in [-0.3, -0.25) is 4.68 Å². The van der Waals surface area contributed by atoms with Gasteiger partial charge in [0.2, 0.25) is 10.0 Å². The molecule has 2 heterocycles. The highest BCUT2D eigenvalue weighted by molar-refractivity contribution is 7.89. The van der Waals surface area contributed by atoms with Crippen LogP contribution in [0.4, 0.5) is 0 Å². The van der Waals surface area contributed by atoms with Crippen LogP contribution >= 0.6 is 0 Å². The van der Waals surface area contributed by atoms with Crippen molar-refractivity contribution in [1.82, 2.24) is 14.1 Å². The van der Waals surface area contributed by atoms with Crippen LogP contribution in [-0.4, -0.2) is 35.6 Å². The van der Waals surface area contributed by atoms with Crippen LogP contribution in [-0.2, 0) is 17.1 Å². The van der Waals surface area contributed by atoms with Crippen molar-refractivity contribution >= 4 is 10.0 Å². The van der Waals surface area contributed by atoms with Crippen LogP contribution in [0.15, 0.2) is 17.3 Å². The third-order valence-corrected chi connectivity index (χ3v) is 3.99. The molecule has 1 aromatic rings. The summed E-state index contributed by atoms with van der Waals surface area (Å²) in [4.78, 5) is 0.287. The molecule has 1 fully saturated rings. The van der Waals surface area contributed by atoms with Gasteiger partial charge < -0.3 is 0 Å². The van der Waals surface area contributed by atoms with Crippen molar-refractivity contribution in [1.29, 1.82) is 0 Å². The van der Waals surface area contributed by atoms with Crippen molar-refractivity contribution in [2.24, 2.45) is 7.05 Å². The Morgan fingerprint density at radius 1 is 1.46 bits per heavy atom. The molecule has 5 nitrogen and oxygen atoms in total. The smallest absolute Gasteiger partial charge is 0.246 e. The Kier molecular flexibility index (Phi) is 1.88. The minimum Gasteiger partial charge on any atom is -0.274 e. The lowest BCUT2D eigenvalue weighted by Gasteiger charge is -2.28. The molecule has 1 aliphatic rings. The second-order valence-electron chi connectivity index (χ2n) is 3.11. The fraction of sp³-hybridized carbons (Fsp3) is 0.571. The van der Waals surface area contributed by atoms with Crippen LogP contribution in [0.3, 0.4) is 0 Å². The van der Waals surface area contributed by atoms with Crippen molar-refractivity contribution < 1.29 is 8.42 Å². The zero-order valence-electron chi connectivity index (χ0n) is 7.34. The topological polar surface area (TPSA) is 55.2 Å². The molecule has 0 spiro atoms. The molecule has 72 valence electrons. The maximum atomic E-state index is 11.7. The monoisotopic (exact) mass is 201 g/mol. The van der Waals surface area contributed by atoms with Gasteiger partial charge in [0.15, 0.2) is 0 Å². The minimum absolute atomic E-state index is 0.287. The van der Waals surface area contributed by atoms with E-state index >= 15 is 0 Å². The molecule has 6 heteroatoms. The molecule has 0 N–H and O–H groups in total. The summed E-state index contributed by atoms with van der Waals surface area (Å²) in [5, 5.41) is 3.83. The van der Waals surface area contributed by atoms with E-state index in [1.165, 1.54) is 21.4 Å². The quantitative estimate of drug-likeness (QED) is 0.666. The molecule has 0 aromatic carbocycles. The Morgan fingerprint density at radius 3 is 2.54 bits per heavy atom. The van der Waals surface area contributed by atoms with Crippen LogP contribution in [0.2, 0.25) is 0 Å². The minimum atomic E-state index is -3.23. The van der Waals surface area contributed by atoms with Crippen LogP contribution in [0.5, 0.6) is 0 Å². The molecule has 13 heavy (non-hydrogen) atoms. The van der Waals surface area contributed by atoms with Gasteiger partial charge in [-0.1, -0.05) is 0 Å². The van der Waals surface area contributed by atoms with E-state index in [0.29, 0.717) is 13.1 Å². The van der Waals surface area contributed by atoms with Crippen molar-refractivity contribution in [3.63, 3.8) is 0 Å². The first-order valence-corrected chi connectivity index (χ1v) is 5.53. The first-order valence-electron chi connectivity index (χ1n) is 4.09. The lowest BCUT2D eigenvalue weighted by Crippen LogP contribution is -2.41. The molecule has 0 unspecified atom stereocenters. The van der Waals surface area contributed by atoms with Crippen molar-refractivity contribution in [2.75, 3.05) is 13.1 Å². The molecule has 1 saturated heterocycles. The van der Waals surface area contributed by atoms with Crippen molar-refractivity contribution in [2.45, 2.75) is 11.3 Å². The van der Waals surface area contributed by atoms with E-state index in [1.807, 2.05) is 0 Å². The number of hydrogen-bond acceptors (Lipinski definition) is 3. The fourth-order valence-corrected chi connectivity index (χ4v) is 2.71. The third kappa shape index (κ3) is 1.36. The molecule has 1 aliphatic heterocycles. The summed E-state index contributed by atoms with van der Waals surface area (Å²) in [6.45, 7) is 1.27. The third-order valence-electron chi connectivity index (χ3n) is 2.13. The summed E-state index contributed by atoms with van der Waals surface area (Å²) in [6, 6.07) is 0. The second kappa shape index (κ2) is 2.81. The van der Waals surface area contributed by atoms with Crippen molar-refractivity contribution in [3.05, 3.63) is 12.4 Å². The standard InChI is InChI=1S/C7H11N3O2S/c1-9-6-7(5-8-9)13(11,12)10-3-2-4-10/h5-6H,2-4H2,1H3. The van der Waals surface area contributed by atoms with Gasteiger partial charge in [0.25, 0.3) is 0 Å². The van der Waals surface area contributed by atoms with Gasteiger partial charge in [0, 0.05) is 26.3 Å².